The molecule has 1 aliphatic rings. The van der Waals surface area contributed by atoms with Gasteiger partial charge >= 0.3 is 0 Å². The number of anilines is 1. The van der Waals surface area contributed by atoms with Crippen molar-refractivity contribution in [3.05, 3.63) is 64.7 Å². The van der Waals surface area contributed by atoms with E-state index in [1.165, 1.54) is 22.3 Å². The van der Waals surface area contributed by atoms with Gasteiger partial charge in [-0.3, -0.25) is 4.79 Å². The fraction of sp³-hybridized carbons (Fsp3) is 0.278. The topological polar surface area (TPSA) is 29.1 Å². The lowest BCUT2D eigenvalue weighted by Crippen LogP contribution is -2.19. The summed E-state index contributed by atoms with van der Waals surface area (Å²) in [7, 11) is 0. The summed E-state index contributed by atoms with van der Waals surface area (Å²) in [6.45, 7) is 2.15. The fourth-order valence-corrected chi connectivity index (χ4v) is 3.38. The summed E-state index contributed by atoms with van der Waals surface area (Å²) in [6.07, 6.45) is 2.39. The van der Waals surface area contributed by atoms with Crippen molar-refractivity contribution in [1.29, 1.82) is 0 Å². The SMILES string of the molecule is Cc1ccccc1CC(Br)c1ccc2c(c1)CCC(=O)N2. The first-order chi connectivity index (χ1) is 10.1. The van der Waals surface area contributed by atoms with E-state index in [1.54, 1.807) is 0 Å². The Hall–Kier alpha value is -1.61. The van der Waals surface area contributed by atoms with Crippen molar-refractivity contribution < 1.29 is 4.79 Å². The number of alkyl halides is 1. The second kappa shape index (κ2) is 6.02. The number of amides is 1. The van der Waals surface area contributed by atoms with Crippen LogP contribution in [0, 0.1) is 6.92 Å². The number of nitrogens with one attached hydrogen (secondary N) is 1. The number of aryl methyl sites for hydroxylation is 2. The van der Waals surface area contributed by atoms with Crippen molar-refractivity contribution in [3.63, 3.8) is 0 Å². The summed E-state index contributed by atoms with van der Waals surface area (Å²) >= 11 is 3.81. The predicted octanol–water partition coefficient (Wildman–Crippen LogP) is 4.56. The number of carbonyl (C=O) groups is 1. The molecule has 1 heterocycles. The Bertz CT molecular complexity index is 681. The highest BCUT2D eigenvalue weighted by molar-refractivity contribution is 9.09. The molecule has 0 fully saturated rings. The molecule has 108 valence electrons. The zero-order valence-electron chi connectivity index (χ0n) is 12.0. The maximum atomic E-state index is 11.4. The van der Waals surface area contributed by atoms with Crippen LogP contribution < -0.4 is 5.32 Å². The van der Waals surface area contributed by atoms with Gasteiger partial charge in [-0.05, 0) is 48.1 Å². The second-order valence-electron chi connectivity index (χ2n) is 5.56. The molecule has 1 amide bonds. The van der Waals surface area contributed by atoms with E-state index in [-0.39, 0.29) is 5.91 Å². The minimum atomic E-state index is 0.116. The standard InChI is InChI=1S/C18H18BrNO/c1-12-4-2-3-5-13(12)11-16(19)14-6-8-17-15(10-14)7-9-18(21)20-17/h2-6,8,10,16H,7,9,11H2,1H3,(H,20,21). The van der Waals surface area contributed by atoms with Crippen molar-refractivity contribution in [2.45, 2.75) is 31.0 Å². The molecule has 2 aromatic rings. The van der Waals surface area contributed by atoms with Gasteiger partial charge in [0.15, 0.2) is 0 Å². The van der Waals surface area contributed by atoms with Gasteiger partial charge in [-0.2, -0.15) is 0 Å². The summed E-state index contributed by atoms with van der Waals surface area (Å²) < 4.78 is 0. The van der Waals surface area contributed by atoms with Gasteiger partial charge < -0.3 is 5.32 Å². The van der Waals surface area contributed by atoms with E-state index in [0.29, 0.717) is 11.2 Å². The molecular weight excluding hydrogens is 326 g/mol. The molecule has 0 aromatic heterocycles. The summed E-state index contributed by atoms with van der Waals surface area (Å²) in [6, 6.07) is 14.8. The number of fused-ring (bicyclic) bond motifs is 1. The van der Waals surface area contributed by atoms with Crippen LogP contribution in [0.25, 0.3) is 0 Å². The van der Waals surface area contributed by atoms with E-state index in [2.05, 4.69) is 64.6 Å². The van der Waals surface area contributed by atoms with Crippen LogP contribution in [0.4, 0.5) is 5.69 Å². The molecule has 1 aliphatic heterocycles. The van der Waals surface area contributed by atoms with E-state index < -0.39 is 0 Å². The molecule has 0 saturated carbocycles. The number of carbonyl (C=O) groups excluding carboxylic acids is 1. The molecule has 1 unspecified atom stereocenters. The van der Waals surface area contributed by atoms with Crippen LogP contribution in [0.2, 0.25) is 0 Å². The molecule has 0 radical (unpaired) electrons. The first-order valence-electron chi connectivity index (χ1n) is 7.25. The van der Waals surface area contributed by atoms with Crippen LogP contribution in [-0.2, 0) is 17.6 Å². The average Bonchev–Trinajstić information content (AvgIpc) is 2.49. The van der Waals surface area contributed by atoms with Gasteiger partial charge in [0.05, 0.1) is 0 Å². The van der Waals surface area contributed by atoms with Crippen molar-refractivity contribution >= 4 is 27.5 Å². The third-order valence-corrected chi connectivity index (χ3v) is 4.90. The molecule has 2 nitrogen and oxygen atoms in total. The molecule has 0 saturated heterocycles. The maximum Gasteiger partial charge on any atom is 0.224 e. The highest BCUT2D eigenvalue weighted by atomic mass is 79.9. The van der Waals surface area contributed by atoms with Crippen LogP contribution in [0.1, 0.15) is 33.5 Å². The minimum Gasteiger partial charge on any atom is -0.326 e. The lowest BCUT2D eigenvalue weighted by molar-refractivity contribution is -0.116. The Labute approximate surface area is 133 Å². The van der Waals surface area contributed by atoms with Gasteiger partial charge in [0.2, 0.25) is 5.91 Å². The molecule has 21 heavy (non-hydrogen) atoms. The normalized spacial score (nSPS) is 15.2. The fourth-order valence-electron chi connectivity index (χ4n) is 2.75. The summed E-state index contributed by atoms with van der Waals surface area (Å²) in [5.74, 6) is 0.116. The molecule has 1 N–H and O–H groups in total. The van der Waals surface area contributed by atoms with E-state index >= 15 is 0 Å². The van der Waals surface area contributed by atoms with Crippen LogP contribution in [0.3, 0.4) is 0 Å². The van der Waals surface area contributed by atoms with Crippen LogP contribution in [-0.4, -0.2) is 5.91 Å². The molecular formula is C18H18BrNO. The zero-order valence-corrected chi connectivity index (χ0v) is 13.6. The summed E-state index contributed by atoms with van der Waals surface area (Å²) in [5, 5.41) is 2.93. The van der Waals surface area contributed by atoms with Crippen molar-refractivity contribution in [3.8, 4) is 0 Å². The first-order valence-corrected chi connectivity index (χ1v) is 8.16. The Balaban J connectivity index is 1.81. The van der Waals surface area contributed by atoms with Gasteiger partial charge in [-0.1, -0.05) is 52.3 Å². The third kappa shape index (κ3) is 3.18. The van der Waals surface area contributed by atoms with Gasteiger partial charge in [0, 0.05) is 16.9 Å². The number of rotatable bonds is 3. The van der Waals surface area contributed by atoms with Crippen molar-refractivity contribution in [1.82, 2.24) is 0 Å². The quantitative estimate of drug-likeness (QED) is 0.813. The van der Waals surface area contributed by atoms with Crippen LogP contribution in [0.5, 0.6) is 0 Å². The van der Waals surface area contributed by atoms with Gasteiger partial charge in [-0.15, -0.1) is 0 Å². The highest BCUT2D eigenvalue weighted by Gasteiger charge is 2.17. The number of halogens is 1. The van der Waals surface area contributed by atoms with Crippen molar-refractivity contribution in [2.75, 3.05) is 5.32 Å². The molecule has 2 aromatic carbocycles. The highest BCUT2D eigenvalue weighted by Crippen LogP contribution is 2.32. The van der Waals surface area contributed by atoms with Gasteiger partial charge in [0.25, 0.3) is 0 Å². The lowest BCUT2D eigenvalue weighted by Gasteiger charge is -2.19. The van der Waals surface area contributed by atoms with E-state index in [9.17, 15) is 4.79 Å². The molecule has 1 atom stereocenters. The molecule has 0 bridgehead atoms. The molecule has 0 aliphatic carbocycles. The Morgan fingerprint density at radius 1 is 1.19 bits per heavy atom. The largest absolute Gasteiger partial charge is 0.326 e. The zero-order chi connectivity index (χ0) is 14.8. The Morgan fingerprint density at radius 3 is 2.81 bits per heavy atom. The Morgan fingerprint density at radius 2 is 2.00 bits per heavy atom. The molecule has 3 heteroatoms. The summed E-state index contributed by atoms with van der Waals surface area (Å²) in [4.78, 5) is 11.7. The van der Waals surface area contributed by atoms with E-state index in [0.717, 1.165) is 18.5 Å². The van der Waals surface area contributed by atoms with Crippen LogP contribution in [0.15, 0.2) is 42.5 Å². The number of benzene rings is 2. The second-order valence-corrected chi connectivity index (χ2v) is 6.67. The van der Waals surface area contributed by atoms with Gasteiger partial charge in [-0.25, -0.2) is 0 Å². The molecule has 0 spiro atoms. The Kier molecular flexibility index (Phi) is 4.11. The minimum absolute atomic E-state index is 0.116. The predicted molar refractivity (Wildman–Crippen MR) is 89.9 cm³/mol. The summed E-state index contributed by atoms with van der Waals surface area (Å²) in [5.41, 5.74) is 6.16. The number of hydrogen-bond donors (Lipinski definition) is 1. The maximum absolute atomic E-state index is 11.4. The average molecular weight is 344 g/mol. The van der Waals surface area contributed by atoms with E-state index in [1.807, 2.05) is 6.07 Å². The van der Waals surface area contributed by atoms with Crippen LogP contribution >= 0.6 is 15.9 Å². The third-order valence-electron chi connectivity index (χ3n) is 4.05. The van der Waals surface area contributed by atoms with Gasteiger partial charge in [0.1, 0.15) is 0 Å². The monoisotopic (exact) mass is 343 g/mol. The lowest BCUT2D eigenvalue weighted by atomic mass is 9.96. The van der Waals surface area contributed by atoms with E-state index in [4.69, 9.17) is 0 Å². The smallest absolute Gasteiger partial charge is 0.224 e. The molecule has 3 rings (SSSR count). The van der Waals surface area contributed by atoms with Crippen molar-refractivity contribution in [2.24, 2.45) is 0 Å². The number of hydrogen-bond acceptors (Lipinski definition) is 1. The first kappa shape index (κ1) is 14.3.